The van der Waals surface area contributed by atoms with E-state index < -0.39 is 0 Å². The molecule has 2 amide bonds. The number of fused-ring (bicyclic) bond motifs is 1. The first-order valence-corrected chi connectivity index (χ1v) is 12.3. The second kappa shape index (κ2) is 9.26. The number of thiocarbonyl (C=S) groups is 1. The molecule has 2 fully saturated rings. The highest BCUT2D eigenvalue weighted by molar-refractivity contribution is 8.26. The number of carbonyl (C=O) groups excluding carboxylic acids is 2. The Kier molecular flexibility index (Phi) is 6.58. The van der Waals surface area contributed by atoms with Crippen LogP contribution in [0.5, 0.6) is 0 Å². The molecule has 2 saturated heterocycles. The lowest BCUT2D eigenvalue weighted by atomic mass is 9.96. The first-order chi connectivity index (χ1) is 15.7. The number of anilines is 1. The minimum absolute atomic E-state index is 0.0193. The molecule has 4 rings (SSSR count). The van der Waals surface area contributed by atoms with Crippen LogP contribution in [0.3, 0.4) is 0 Å². The highest BCUT2D eigenvalue weighted by Crippen LogP contribution is 2.35. The smallest absolute Gasteiger partial charge is 0.267 e. The van der Waals surface area contributed by atoms with Crippen molar-refractivity contribution >= 4 is 57.7 Å². The molecule has 0 spiro atoms. The van der Waals surface area contributed by atoms with Crippen molar-refractivity contribution in [3.8, 4) is 0 Å². The quantitative estimate of drug-likeness (QED) is 0.513. The Morgan fingerprint density at radius 1 is 1.36 bits per heavy atom. The zero-order valence-corrected chi connectivity index (χ0v) is 20.5. The van der Waals surface area contributed by atoms with E-state index in [0.717, 1.165) is 12.0 Å². The molecule has 0 aliphatic carbocycles. The minimum atomic E-state index is -0.300. The molecule has 2 aromatic heterocycles. The van der Waals surface area contributed by atoms with Gasteiger partial charge in [-0.05, 0) is 50.8 Å². The maximum Gasteiger partial charge on any atom is 0.267 e. The number of hydrogen-bond acceptors (Lipinski definition) is 7. The van der Waals surface area contributed by atoms with Crippen molar-refractivity contribution in [3.63, 3.8) is 0 Å². The third kappa shape index (κ3) is 4.29. The molecule has 2 aliphatic rings. The highest BCUT2D eigenvalue weighted by atomic mass is 32.2. The SMILES string of the molecule is CCC(C)N1C(=O)C(=Cc2c(N3CCC(C(N)=O)CC3)nc3c(C)cccn3c2=O)SC1=S. The van der Waals surface area contributed by atoms with E-state index in [2.05, 4.69) is 0 Å². The van der Waals surface area contributed by atoms with Crippen LogP contribution in [0, 0.1) is 12.8 Å². The van der Waals surface area contributed by atoms with E-state index in [1.54, 1.807) is 23.2 Å². The monoisotopic (exact) mass is 485 g/mol. The van der Waals surface area contributed by atoms with Crippen LogP contribution in [-0.2, 0) is 9.59 Å². The summed E-state index contributed by atoms with van der Waals surface area (Å²) in [6.07, 6.45) is 5.28. The molecule has 33 heavy (non-hydrogen) atoms. The number of piperidine rings is 1. The maximum absolute atomic E-state index is 13.6. The van der Waals surface area contributed by atoms with Crippen molar-refractivity contribution in [1.82, 2.24) is 14.3 Å². The molecule has 4 heterocycles. The van der Waals surface area contributed by atoms with Crippen molar-refractivity contribution in [2.24, 2.45) is 11.7 Å². The molecule has 2 aliphatic heterocycles. The lowest BCUT2D eigenvalue weighted by molar-refractivity contribution is -0.123. The number of nitrogens with zero attached hydrogens (tertiary/aromatic N) is 4. The Morgan fingerprint density at radius 3 is 2.70 bits per heavy atom. The third-order valence-electron chi connectivity index (χ3n) is 6.39. The fourth-order valence-electron chi connectivity index (χ4n) is 4.22. The van der Waals surface area contributed by atoms with Gasteiger partial charge in [0.25, 0.3) is 11.5 Å². The maximum atomic E-state index is 13.6. The van der Waals surface area contributed by atoms with Gasteiger partial charge in [-0.15, -0.1) is 0 Å². The Morgan fingerprint density at radius 2 is 2.06 bits per heavy atom. The fourth-order valence-corrected chi connectivity index (χ4v) is 5.66. The van der Waals surface area contributed by atoms with Crippen LogP contribution in [0.25, 0.3) is 11.7 Å². The molecule has 2 aromatic rings. The van der Waals surface area contributed by atoms with Crippen molar-refractivity contribution in [2.75, 3.05) is 18.0 Å². The number of nitrogens with two attached hydrogens (primary N) is 1. The second-order valence-electron chi connectivity index (χ2n) is 8.51. The van der Waals surface area contributed by atoms with Gasteiger partial charge in [0, 0.05) is 31.2 Å². The molecule has 1 unspecified atom stereocenters. The number of rotatable bonds is 5. The van der Waals surface area contributed by atoms with E-state index in [0.29, 0.717) is 52.2 Å². The van der Waals surface area contributed by atoms with Crippen LogP contribution >= 0.6 is 24.0 Å². The second-order valence-corrected chi connectivity index (χ2v) is 10.2. The molecule has 174 valence electrons. The van der Waals surface area contributed by atoms with E-state index in [1.165, 1.54) is 16.2 Å². The van der Waals surface area contributed by atoms with Gasteiger partial charge in [-0.1, -0.05) is 37.0 Å². The molecular formula is C23H27N5O3S2. The topological polar surface area (TPSA) is 101 Å². The van der Waals surface area contributed by atoms with Crippen LogP contribution in [0.2, 0.25) is 0 Å². The summed E-state index contributed by atoms with van der Waals surface area (Å²) in [5.41, 5.74) is 7.04. The summed E-state index contributed by atoms with van der Waals surface area (Å²) < 4.78 is 2.00. The number of carbonyl (C=O) groups is 2. The number of primary amides is 1. The largest absolute Gasteiger partial charge is 0.369 e. The number of hydrogen-bond donors (Lipinski definition) is 1. The van der Waals surface area contributed by atoms with Gasteiger partial charge in [0.2, 0.25) is 5.91 Å². The summed E-state index contributed by atoms with van der Waals surface area (Å²) in [6.45, 7) is 6.97. The summed E-state index contributed by atoms with van der Waals surface area (Å²) in [5, 5.41) is 0. The molecule has 0 saturated carbocycles. The fraction of sp³-hybridized carbons (Fsp3) is 0.435. The van der Waals surface area contributed by atoms with Crippen LogP contribution < -0.4 is 16.2 Å². The Balaban J connectivity index is 1.83. The van der Waals surface area contributed by atoms with Gasteiger partial charge in [0.1, 0.15) is 15.8 Å². The molecule has 2 N–H and O–H groups in total. The zero-order valence-electron chi connectivity index (χ0n) is 18.9. The van der Waals surface area contributed by atoms with E-state index in [4.69, 9.17) is 22.9 Å². The molecule has 0 radical (unpaired) electrons. The lowest BCUT2D eigenvalue weighted by Crippen LogP contribution is -2.40. The highest BCUT2D eigenvalue weighted by Gasteiger charge is 2.35. The number of thioether (sulfide) groups is 1. The molecular weight excluding hydrogens is 458 g/mol. The predicted octanol–water partition coefficient (Wildman–Crippen LogP) is 2.70. The Labute approximate surface area is 201 Å². The van der Waals surface area contributed by atoms with Gasteiger partial charge in [0.05, 0.1) is 10.5 Å². The van der Waals surface area contributed by atoms with E-state index in [-0.39, 0.29) is 29.3 Å². The summed E-state index contributed by atoms with van der Waals surface area (Å²) >= 11 is 6.66. The first-order valence-electron chi connectivity index (χ1n) is 11.1. The van der Waals surface area contributed by atoms with Gasteiger partial charge in [-0.3, -0.25) is 23.7 Å². The van der Waals surface area contributed by atoms with Crippen LogP contribution in [0.4, 0.5) is 5.82 Å². The van der Waals surface area contributed by atoms with Crippen LogP contribution in [0.1, 0.15) is 44.2 Å². The summed E-state index contributed by atoms with van der Waals surface area (Å²) in [4.78, 5) is 47.2. The lowest BCUT2D eigenvalue weighted by Gasteiger charge is -2.32. The summed E-state index contributed by atoms with van der Waals surface area (Å²) in [6, 6.07) is 3.69. The Bertz CT molecular complexity index is 1230. The molecule has 0 aromatic carbocycles. The van der Waals surface area contributed by atoms with Gasteiger partial charge >= 0.3 is 0 Å². The van der Waals surface area contributed by atoms with Crippen molar-refractivity contribution in [3.05, 3.63) is 44.7 Å². The van der Waals surface area contributed by atoms with E-state index in [9.17, 15) is 14.4 Å². The number of pyridine rings is 1. The van der Waals surface area contributed by atoms with Crippen molar-refractivity contribution < 1.29 is 9.59 Å². The first kappa shape index (κ1) is 23.4. The average molecular weight is 486 g/mol. The van der Waals surface area contributed by atoms with Crippen LogP contribution in [0.15, 0.2) is 28.0 Å². The van der Waals surface area contributed by atoms with Gasteiger partial charge in [-0.2, -0.15) is 0 Å². The number of aromatic nitrogens is 2. The van der Waals surface area contributed by atoms with E-state index in [1.807, 2.05) is 31.7 Å². The number of amides is 2. The Hall–Kier alpha value is -2.72. The normalized spacial score (nSPS) is 19.7. The van der Waals surface area contributed by atoms with Crippen molar-refractivity contribution in [1.29, 1.82) is 0 Å². The van der Waals surface area contributed by atoms with Gasteiger partial charge < -0.3 is 10.6 Å². The molecule has 8 nitrogen and oxygen atoms in total. The average Bonchev–Trinajstić information content (AvgIpc) is 3.08. The third-order valence-corrected chi connectivity index (χ3v) is 7.72. The predicted molar refractivity (Wildman–Crippen MR) is 135 cm³/mol. The minimum Gasteiger partial charge on any atom is -0.369 e. The molecule has 1 atom stereocenters. The summed E-state index contributed by atoms with van der Waals surface area (Å²) in [7, 11) is 0. The summed E-state index contributed by atoms with van der Waals surface area (Å²) in [5.74, 6) is -0.150. The van der Waals surface area contributed by atoms with Gasteiger partial charge in [0.15, 0.2) is 0 Å². The molecule has 10 heteroatoms. The van der Waals surface area contributed by atoms with E-state index >= 15 is 0 Å². The standard InChI is InChI=1S/C23H27N5O3S2/c1-4-14(3)28-22(31)17(33-23(28)32)12-16-20(26-10-7-15(8-11-26)18(24)29)25-19-13(2)6-5-9-27(19)21(16)30/h5-6,9,12,14-15H,4,7-8,10-11H2,1-3H3,(H2,24,29). The van der Waals surface area contributed by atoms with Gasteiger partial charge in [-0.25, -0.2) is 4.98 Å². The van der Waals surface area contributed by atoms with Crippen LogP contribution in [-0.4, -0.2) is 49.6 Å². The van der Waals surface area contributed by atoms with Crippen molar-refractivity contribution in [2.45, 2.75) is 46.1 Å². The zero-order chi connectivity index (χ0) is 23.9. The molecule has 0 bridgehead atoms. The number of aryl methyl sites for hydroxylation is 1.